The van der Waals surface area contributed by atoms with Gasteiger partial charge in [-0.05, 0) is 32.1 Å². The van der Waals surface area contributed by atoms with Gasteiger partial charge in [0.25, 0.3) is 0 Å². The number of hydrogen-bond donors (Lipinski definition) is 2. The van der Waals surface area contributed by atoms with E-state index in [1.165, 1.54) is 6.42 Å². The van der Waals surface area contributed by atoms with Crippen LogP contribution in [-0.2, 0) is 0 Å². The molecule has 3 N–H and O–H groups in total. The van der Waals surface area contributed by atoms with Crippen LogP contribution in [0.5, 0.6) is 0 Å². The molecule has 1 aliphatic rings. The molecule has 0 aromatic rings. The highest BCUT2D eigenvalue weighted by Gasteiger charge is 2.22. The molecule has 3 unspecified atom stereocenters. The second kappa shape index (κ2) is 3.35. The van der Waals surface area contributed by atoms with E-state index in [4.69, 9.17) is 5.73 Å². The Morgan fingerprint density at radius 2 is 2.20 bits per heavy atom. The van der Waals surface area contributed by atoms with Crippen LogP contribution in [0, 0.1) is 5.92 Å². The Balaban J connectivity index is 2.32. The third-order valence-electron chi connectivity index (χ3n) is 2.44. The predicted octanol–water partition coefficient (Wildman–Crippen LogP) is 0.885. The molecule has 1 rings (SSSR count). The molecule has 0 heterocycles. The lowest BCUT2D eigenvalue weighted by molar-refractivity contribution is 0.0954. The molecule has 10 heavy (non-hydrogen) atoms. The van der Waals surface area contributed by atoms with Crippen molar-refractivity contribution >= 4 is 0 Å². The Kier molecular flexibility index (Phi) is 2.69. The summed E-state index contributed by atoms with van der Waals surface area (Å²) in [5, 5.41) is 9.24. The van der Waals surface area contributed by atoms with Crippen LogP contribution in [0.4, 0.5) is 0 Å². The van der Waals surface area contributed by atoms with Gasteiger partial charge >= 0.3 is 0 Å². The fourth-order valence-electron chi connectivity index (χ4n) is 1.70. The van der Waals surface area contributed by atoms with Gasteiger partial charge in [-0.15, -0.1) is 0 Å². The summed E-state index contributed by atoms with van der Waals surface area (Å²) in [6.07, 6.45) is 4.34. The lowest BCUT2D eigenvalue weighted by Gasteiger charge is -2.28. The normalized spacial score (nSPS) is 37.5. The number of aliphatic hydroxyl groups excluding tert-OH is 1. The number of hydrogen-bond acceptors (Lipinski definition) is 2. The smallest absolute Gasteiger partial charge is 0.0540 e. The van der Waals surface area contributed by atoms with Gasteiger partial charge < -0.3 is 10.8 Å². The first-order valence-corrected chi connectivity index (χ1v) is 4.14. The fraction of sp³-hybridized carbons (Fsp3) is 1.00. The molecule has 0 radical (unpaired) electrons. The Morgan fingerprint density at radius 1 is 1.50 bits per heavy atom. The first kappa shape index (κ1) is 8.02. The second-order valence-electron chi connectivity index (χ2n) is 3.43. The molecule has 0 amide bonds. The van der Waals surface area contributed by atoms with Crippen LogP contribution in [0.25, 0.3) is 0 Å². The zero-order valence-corrected chi connectivity index (χ0v) is 6.59. The van der Waals surface area contributed by atoms with Gasteiger partial charge in [-0.2, -0.15) is 0 Å². The molecule has 0 saturated heterocycles. The van der Waals surface area contributed by atoms with E-state index < -0.39 is 0 Å². The van der Waals surface area contributed by atoms with Crippen molar-refractivity contribution in [3.05, 3.63) is 0 Å². The zero-order chi connectivity index (χ0) is 7.56. The van der Waals surface area contributed by atoms with Crippen LogP contribution >= 0.6 is 0 Å². The van der Waals surface area contributed by atoms with Gasteiger partial charge in [0.15, 0.2) is 0 Å². The summed E-state index contributed by atoms with van der Waals surface area (Å²) in [6, 6.07) is 0.341. The van der Waals surface area contributed by atoms with E-state index in [0.29, 0.717) is 12.0 Å². The molecular formula is C8H17NO. The molecule has 60 valence electrons. The van der Waals surface area contributed by atoms with Gasteiger partial charge in [0.2, 0.25) is 0 Å². The molecule has 3 atom stereocenters. The van der Waals surface area contributed by atoms with E-state index in [2.05, 4.69) is 0 Å². The SMILES string of the molecule is CC(O)C1CCCC(N)C1. The Bertz CT molecular complexity index is 103. The van der Waals surface area contributed by atoms with Crippen molar-refractivity contribution in [2.75, 3.05) is 0 Å². The predicted molar refractivity (Wildman–Crippen MR) is 41.6 cm³/mol. The third kappa shape index (κ3) is 1.96. The highest BCUT2D eigenvalue weighted by Crippen LogP contribution is 2.25. The largest absolute Gasteiger partial charge is 0.393 e. The van der Waals surface area contributed by atoms with E-state index in [0.717, 1.165) is 19.3 Å². The minimum absolute atomic E-state index is 0.161. The Labute approximate surface area is 62.4 Å². The van der Waals surface area contributed by atoms with Gasteiger partial charge in [0.05, 0.1) is 6.10 Å². The van der Waals surface area contributed by atoms with Gasteiger partial charge in [-0.3, -0.25) is 0 Å². The average Bonchev–Trinajstić information content (AvgIpc) is 1.88. The summed E-state index contributed by atoms with van der Waals surface area (Å²) >= 11 is 0. The zero-order valence-electron chi connectivity index (χ0n) is 6.59. The molecule has 0 aromatic heterocycles. The molecular weight excluding hydrogens is 126 g/mol. The van der Waals surface area contributed by atoms with E-state index in [9.17, 15) is 5.11 Å². The minimum Gasteiger partial charge on any atom is -0.393 e. The minimum atomic E-state index is -0.161. The van der Waals surface area contributed by atoms with Crippen molar-refractivity contribution in [1.29, 1.82) is 0 Å². The maximum absolute atomic E-state index is 9.24. The third-order valence-corrected chi connectivity index (χ3v) is 2.44. The number of aliphatic hydroxyl groups is 1. The Hall–Kier alpha value is -0.0800. The van der Waals surface area contributed by atoms with Crippen LogP contribution in [0.15, 0.2) is 0 Å². The van der Waals surface area contributed by atoms with Crippen molar-refractivity contribution in [1.82, 2.24) is 0 Å². The van der Waals surface area contributed by atoms with Gasteiger partial charge in [0.1, 0.15) is 0 Å². The van der Waals surface area contributed by atoms with Crippen LogP contribution in [0.3, 0.4) is 0 Å². The maximum Gasteiger partial charge on any atom is 0.0540 e. The summed E-state index contributed by atoms with van der Waals surface area (Å²) < 4.78 is 0. The van der Waals surface area contributed by atoms with Crippen molar-refractivity contribution in [3.8, 4) is 0 Å². The molecule has 0 bridgehead atoms. The quantitative estimate of drug-likeness (QED) is 0.572. The molecule has 1 fully saturated rings. The summed E-state index contributed by atoms with van der Waals surface area (Å²) in [7, 11) is 0. The maximum atomic E-state index is 9.24. The molecule has 1 aliphatic carbocycles. The standard InChI is InChI=1S/C8H17NO/c1-6(10)7-3-2-4-8(9)5-7/h6-8,10H,2-5,9H2,1H3. The van der Waals surface area contributed by atoms with Crippen LogP contribution in [0.1, 0.15) is 32.6 Å². The second-order valence-corrected chi connectivity index (χ2v) is 3.43. The molecule has 0 aliphatic heterocycles. The molecule has 1 saturated carbocycles. The molecule has 2 heteroatoms. The molecule has 0 spiro atoms. The van der Waals surface area contributed by atoms with E-state index in [1.54, 1.807) is 0 Å². The van der Waals surface area contributed by atoms with Crippen LogP contribution in [-0.4, -0.2) is 17.3 Å². The lowest BCUT2D eigenvalue weighted by atomic mass is 9.83. The van der Waals surface area contributed by atoms with Crippen molar-refractivity contribution in [2.24, 2.45) is 11.7 Å². The van der Waals surface area contributed by atoms with E-state index in [1.807, 2.05) is 6.92 Å². The van der Waals surface area contributed by atoms with Crippen LogP contribution in [0.2, 0.25) is 0 Å². The van der Waals surface area contributed by atoms with E-state index >= 15 is 0 Å². The van der Waals surface area contributed by atoms with Gasteiger partial charge in [0, 0.05) is 6.04 Å². The fourth-order valence-corrected chi connectivity index (χ4v) is 1.70. The number of rotatable bonds is 1. The first-order chi connectivity index (χ1) is 4.70. The monoisotopic (exact) mass is 143 g/mol. The highest BCUT2D eigenvalue weighted by molar-refractivity contribution is 4.77. The Morgan fingerprint density at radius 3 is 2.60 bits per heavy atom. The highest BCUT2D eigenvalue weighted by atomic mass is 16.3. The summed E-state index contributed by atoms with van der Waals surface area (Å²) in [4.78, 5) is 0. The summed E-state index contributed by atoms with van der Waals surface area (Å²) in [5.74, 6) is 0.462. The average molecular weight is 143 g/mol. The van der Waals surface area contributed by atoms with Gasteiger partial charge in [-0.1, -0.05) is 6.42 Å². The van der Waals surface area contributed by atoms with Crippen molar-refractivity contribution < 1.29 is 5.11 Å². The van der Waals surface area contributed by atoms with Gasteiger partial charge in [-0.25, -0.2) is 0 Å². The molecule has 2 nitrogen and oxygen atoms in total. The summed E-state index contributed by atoms with van der Waals surface area (Å²) in [5.41, 5.74) is 5.75. The van der Waals surface area contributed by atoms with E-state index in [-0.39, 0.29) is 6.10 Å². The summed E-state index contributed by atoms with van der Waals surface area (Å²) in [6.45, 7) is 1.86. The van der Waals surface area contributed by atoms with Crippen molar-refractivity contribution in [2.45, 2.75) is 44.8 Å². The molecule has 0 aromatic carbocycles. The topological polar surface area (TPSA) is 46.2 Å². The lowest BCUT2D eigenvalue weighted by Crippen LogP contribution is -2.32. The first-order valence-electron chi connectivity index (χ1n) is 4.14. The van der Waals surface area contributed by atoms with Crippen molar-refractivity contribution in [3.63, 3.8) is 0 Å². The van der Waals surface area contributed by atoms with Crippen LogP contribution < -0.4 is 5.73 Å². The number of nitrogens with two attached hydrogens (primary N) is 1.